The average Bonchev–Trinajstić information content (AvgIpc) is 1.78. The maximum Gasteiger partial charge on any atom is 0.310 e. The number of hydrogen-bond acceptors (Lipinski definition) is 4. The van der Waals surface area contributed by atoms with Crippen molar-refractivity contribution in [2.24, 2.45) is 5.73 Å². The van der Waals surface area contributed by atoms with Gasteiger partial charge in [0, 0.05) is 5.54 Å². The van der Waals surface area contributed by atoms with Crippen LogP contribution in [0.5, 0.6) is 0 Å². The molecule has 0 aliphatic rings. The van der Waals surface area contributed by atoms with Gasteiger partial charge in [0.05, 0.1) is 0 Å². The minimum Gasteiger partial charge on any atom is -0.391 e. The molecule has 0 aromatic heterocycles. The van der Waals surface area contributed by atoms with Gasteiger partial charge >= 0.3 is 10.1 Å². The van der Waals surface area contributed by atoms with Gasteiger partial charge in [-0.05, 0) is 20.8 Å². The highest BCUT2D eigenvalue weighted by molar-refractivity contribution is 7.86. The molecule has 0 heterocycles. The highest BCUT2D eigenvalue weighted by Gasteiger charge is 2.22. The van der Waals surface area contributed by atoms with Crippen LogP contribution in [0.25, 0.3) is 0 Å². The molecule has 0 radical (unpaired) electrons. The predicted octanol–water partition coefficient (Wildman–Crippen LogP) is 0.604. The van der Waals surface area contributed by atoms with E-state index in [0.29, 0.717) is 0 Å². The van der Waals surface area contributed by atoms with E-state index in [1.807, 2.05) is 0 Å². The maximum atomic E-state index is 11.1. The molecule has 4 nitrogen and oxygen atoms in total. The van der Waals surface area contributed by atoms with Crippen LogP contribution < -0.4 is 5.73 Å². The molecule has 0 saturated carbocycles. The van der Waals surface area contributed by atoms with E-state index in [1.54, 1.807) is 20.8 Å². The fourth-order valence-corrected chi connectivity index (χ4v) is 1.89. The molecule has 5 heteroatoms. The summed E-state index contributed by atoms with van der Waals surface area (Å²) in [5, 5.41) is 0. The second kappa shape index (κ2) is 3.91. The van der Waals surface area contributed by atoms with E-state index in [4.69, 9.17) is 5.73 Å². The normalized spacial score (nSPS) is 13.7. The Balaban J connectivity index is 4.25. The molecular weight excluding hydrogens is 178 g/mol. The Kier molecular flexibility index (Phi) is 3.73. The molecule has 0 aromatic rings. The summed E-state index contributed by atoms with van der Waals surface area (Å²) in [7, 11) is -3.51. The largest absolute Gasteiger partial charge is 0.391 e. The zero-order valence-electron chi connectivity index (χ0n) is 7.57. The van der Waals surface area contributed by atoms with E-state index in [2.05, 4.69) is 4.18 Å². The van der Waals surface area contributed by atoms with E-state index in [-0.39, 0.29) is 5.75 Å². The van der Waals surface area contributed by atoms with Gasteiger partial charge in [-0.15, -0.1) is 0 Å². The van der Waals surface area contributed by atoms with E-state index in [9.17, 15) is 8.42 Å². The van der Waals surface area contributed by atoms with E-state index in [0.717, 1.165) is 6.26 Å². The highest BCUT2D eigenvalue weighted by atomic mass is 32.2. The Morgan fingerprint density at radius 3 is 2.33 bits per heavy atom. The summed E-state index contributed by atoms with van der Waals surface area (Å²) in [6, 6.07) is 0. The lowest BCUT2D eigenvalue weighted by Gasteiger charge is -2.16. The predicted molar refractivity (Wildman–Crippen MR) is 48.0 cm³/mol. The van der Waals surface area contributed by atoms with Gasteiger partial charge in [-0.2, -0.15) is 8.42 Å². The van der Waals surface area contributed by atoms with Crippen molar-refractivity contribution >= 4 is 10.1 Å². The van der Waals surface area contributed by atoms with Crippen LogP contribution in [0.3, 0.4) is 0 Å². The topological polar surface area (TPSA) is 69.4 Å². The van der Waals surface area contributed by atoms with Crippen molar-refractivity contribution in [3.8, 4) is 0 Å². The van der Waals surface area contributed by atoms with Gasteiger partial charge in [-0.1, -0.05) is 6.08 Å². The molecule has 0 atom stereocenters. The average molecular weight is 193 g/mol. The standard InChI is InChI=1S/C7H15NO3S/c1-4-5-11-12(9,10)6-7(2,3)8/h4-5H,6,8H2,1-3H3. The van der Waals surface area contributed by atoms with Crippen molar-refractivity contribution < 1.29 is 12.6 Å². The third-order valence-corrected chi connectivity index (χ3v) is 2.39. The molecule has 0 unspecified atom stereocenters. The van der Waals surface area contributed by atoms with Crippen molar-refractivity contribution in [3.05, 3.63) is 12.3 Å². The van der Waals surface area contributed by atoms with Crippen LogP contribution in [0.1, 0.15) is 20.8 Å². The summed E-state index contributed by atoms with van der Waals surface area (Å²) in [6.07, 6.45) is 2.63. The van der Waals surface area contributed by atoms with Crippen LogP contribution in [-0.2, 0) is 14.3 Å². The number of hydrogen-bond donors (Lipinski definition) is 1. The van der Waals surface area contributed by atoms with Gasteiger partial charge in [-0.3, -0.25) is 0 Å². The molecule has 0 aromatic carbocycles. The van der Waals surface area contributed by atoms with Crippen LogP contribution in [0.15, 0.2) is 12.3 Å². The van der Waals surface area contributed by atoms with Gasteiger partial charge in [0.1, 0.15) is 12.0 Å². The molecule has 2 N–H and O–H groups in total. The van der Waals surface area contributed by atoms with E-state index in [1.165, 1.54) is 6.08 Å². The Hall–Kier alpha value is -0.550. The van der Waals surface area contributed by atoms with Gasteiger partial charge < -0.3 is 9.92 Å². The van der Waals surface area contributed by atoms with Crippen LogP contribution in [0, 0.1) is 0 Å². The Bertz CT molecular complexity index is 248. The van der Waals surface area contributed by atoms with Crippen molar-refractivity contribution in [2.45, 2.75) is 26.3 Å². The molecule has 0 aliphatic heterocycles. The molecule has 0 spiro atoms. The molecule has 0 amide bonds. The third-order valence-electron chi connectivity index (χ3n) is 0.887. The van der Waals surface area contributed by atoms with Crippen LogP contribution >= 0.6 is 0 Å². The minimum atomic E-state index is -3.51. The Morgan fingerprint density at radius 2 is 2.00 bits per heavy atom. The first-order chi connectivity index (χ1) is 5.27. The van der Waals surface area contributed by atoms with Gasteiger partial charge in [0.15, 0.2) is 0 Å². The van der Waals surface area contributed by atoms with Crippen molar-refractivity contribution in [2.75, 3.05) is 5.75 Å². The van der Waals surface area contributed by atoms with E-state index < -0.39 is 15.7 Å². The fourth-order valence-electron chi connectivity index (χ4n) is 0.630. The molecule has 0 aliphatic carbocycles. The summed E-state index contributed by atoms with van der Waals surface area (Å²) >= 11 is 0. The molecule has 0 fully saturated rings. The summed E-state index contributed by atoms with van der Waals surface area (Å²) in [5.41, 5.74) is 4.75. The maximum absolute atomic E-state index is 11.1. The smallest absolute Gasteiger partial charge is 0.310 e. The summed E-state index contributed by atoms with van der Waals surface area (Å²) < 4.78 is 26.6. The van der Waals surface area contributed by atoms with Gasteiger partial charge in [0.2, 0.25) is 0 Å². The van der Waals surface area contributed by atoms with Crippen molar-refractivity contribution in [3.63, 3.8) is 0 Å². The van der Waals surface area contributed by atoms with Crippen LogP contribution in [0.4, 0.5) is 0 Å². The summed E-state index contributed by atoms with van der Waals surface area (Å²) in [4.78, 5) is 0. The second-order valence-corrected chi connectivity index (χ2v) is 4.85. The molecule has 72 valence electrons. The zero-order chi connectivity index (χ0) is 9.83. The minimum absolute atomic E-state index is 0.190. The Morgan fingerprint density at radius 1 is 1.50 bits per heavy atom. The molecule has 0 bridgehead atoms. The second-order valence-electron chi connectivity index (χ2n) is 3.26. The number of rotatable bonds is 4. The summed E-state index contributed by atoms with van der Waals surface area (Å²) in [6.45, 7) is 4.93. The zero-order valence-corrected chi connectivity index (χ0v) is 8.39. The molecule has 0 rings (SSSR count). The van der Waals surface area contributed by atoms with Crippen molar-refractivity contribution in [1.82, 2.24) is 0 Å². The first-order valence-corrected chi connectivity index (χ1v) is 5.15. The SMILES string of the molecule is CC=COS(=O)(=O)CC(C)(C)N. The number of nitrogens with two attached hydrogens (primary N) is 1. The molecular formula is C7H15NO3S. The van der Waals surface area contributed by atoms with Crippen LogP contribution in [-0.4, -0.2) is 19.7 Å². The Labute approximate surface area is 73.5 Å². The number of allylic oxidation sites excluding steroid dienone is 1. The summed E-state index contributed by atoms with van der Waals surface area (Å²) in [5.74, 6) is -0.190. The lowest BCUT2D eigenvalue weighted by atomic mass is 10.1. The quantitative estimate of drug-likeness (QED) is 0.524. The molecule has 0 saturated heterocycles. The third kappa shape index (κ3) is 6.18. The molecule has 12 heavy (non-hydrogen) atoms. The first-order valence-electron chi connectivity index (χ1n) is 3.58. The monoisotopic (exact) mass is 193 g/mol. The van der Waals surface area contributed by atoms with E-state index >= 15 is 0 Å². The highest BCUT2D eigenvalue weighted by Crippen LogP contribution is 2.04. The lowest BCUT2D eigenvalue weighted by Crippen LogP contribution is -2.40. The van der Waals surface area contributed by atoms with Crippen LogP contribution in [0.2, 0.25) is 0 Å². The van der Waals surface area contributed by atoms with Gasteiger partial charge in [0.25, 0.3) is 0 Å². The van der Waals surface area contributed by atoms with Gasteiger partial charge in [-0.25, -0.2) is 0 Å². The van der Waals surface area contributed by atoms with Crippen molar-refractivity contribution in [1.29, 1.82) is 0 Å². The lowest BCUT2D eigenvalue weighted by molar-refractivity contribution is 0.427. The first kappa shape index (κ1) is 11.4. The fraction of sp³-hybridized carbons (Fsp3) is 0.714.